The van der Waals surface area contributed by atoms with Crippen LogP contribution in [0.4, 0.5) is 4.39 Å². The second-order valence-corrected chi connectivity index (χ2v) is 10.4. The van der Waals surface area contributed by atoms with Crippen LogP contribution in [0.5, 0.6) is 0 Å². The minimum absolute atomic E-state index is 0.124. The van der Waals surface area contributed by atoms with Crippen molar-refractivity contribution in [2.45, 2.75) is 31.3 Å². The third kappa shape index (κ3) is 6.11. The van der Waals surface area contributed by atoms with E-state index in [1.807, 2.05) is 4.90 Å². The maximum Gasteiger partial charge on any atom is 0.268 e. The number of piperidine rings is 1. The molecule has 0 bridgehead atoms. The molecule has 2 aliphatic heterocycles. The quantitative estimate of drug-likeness (QED) is 0.482. The van der Waals surface area contributed by atoms with Crippen molar-refractivity contribution in [3.05, 3.63) is 64.8 Å². The van der Waals surface area contributed by atoms with Crippen molar-refractivity contribution in [1.29, 1.82) is 0 Å². The highest BCUT2D eigenvalue weighted by atomic mass is 35.5. The summed E-state index contributed by atoms with van der Waals surface area (Å²) in [7, 11) is 2.16. The fourth-order valence-corrected chi connectivity index (χ4v) is 5.47. The molecular formula is C27H32ClFN6O2. The molecule has 196 valence electrons. The SMILES string of the molecule is CN1CCC(N2CCN(C(=O)[C@H](Cc3ccc(F)cc3)NC(=O)c3cc4cc(Cl)ncc4[nH]3)CC2)CC1. The second kappa shape index (κ2) is 11.2. The number of carbonyl (C=O) groups excluding carboxylic acids is 2. The fourth-order valence-electron chi connectivity index (χ4n) is 5.31. The molecule has 2 N–H and O–H groups in total. The lowest BCUT2D eigenvalue weighted by atomic mass is 10.0. The zero-order valence-electron chi connectivity index (χ0n) is 20.9. The zero-order valence-corrected chi connectivity index (χ0v) is 21.7. The number of pyridine rings is 1. The van der Waals surface area contributed by atoms with Crippen molar-refractivity contribution in [3.8, 4) is 0 Å². The van der Waals surface area contributed by atoms with Gasteiger partial charge in [-0.3, -0.25) is 14.5 Å². The van der Waals surface area contributed by atoms with Gasteiger partial charge in [0.2, 0.25) is 5.91 Å². The van der Waals surface area contributed by atoms with E-state index in [1.54, 1.807) is 30.5 Å². The minimum atomic E-state index is -0.777. The van der Waals surface area contributed by atoms with Crippen LogP contribution >= 0.6 is 11.6 Å². The molecule has 0 unspecified atom stereocenters. The maximum absolute atomic E-state index is 13.7. The van der Waals surface area contributed by atoms with Crippen molar-refractivity contribution in [2.75, 3.05) is 46.3 Å². The number of nitrogens with zero attached hydrogens (tertiary/aromatic N) is 4. The van der Waals surface area contributed by atoms with E-state index >= 15 is 0 Å². The molecule has 0 spiro atoms. The first-order chi connectivity index (χ1) is 17.9. The topological polar surface area (TPSA) is 84.6 Å². The molecule has 0 radical (unpaired) electrons. The number of aromatic amines is 1. The number of H-pyrrole nitrogens is 1. The molecule has 2 amide bonds. The van der Waals surface area contributed by atoms with Crippen LogP contribution in [0.1, 0.15) is 28.9 Å². The van der Waals surface area contributed by atoms with E-state index in [0.29, 0.717) is 35.5 Å². The summed E-state index contributed by atoms with van der Waals surface area (Å²) < 4.78 is 13.5. The number of rotatable bonds is 6. The molecule has 2 aromatic heterocycles. The van der Waals surface area contributed by atoms with Crippen molar-refractivity contribution < 1.29 is 14.0 Å². The van der Waals surface area contributed by atoms with E-state index in [1.165, 1.54) is 12.1 Å². The van der Waals surface area contributed by atoms with Gasteiger partial charge >= 0.3 is 0 Å². The molecule has 0 aliphatic carbocycles. The number of likely N-dealkylation sites (tertiary alicyclic amines) is 1. The van der Waals surface area contributed by atoms with Gasteiger partial charge < -0.3 is 20.1 Å². The highest BCUT2D eigenvalue weighted by molar-refractivity contribution is 6.30. The predicted molar refractivity (Wildman–Crippen MR) is 141 cm³/mol. The van der Waals surface area contributed by atoms with E-state index in [4.69, 9.17) is 11.6 Å². The van der Waals surface area contributed by atoms with Crippen LogP contribution in [0.2, 0.25) is 5.15 Å². The van der Waals surface area contributed by atoms with Crippen molar-refractivity contribution in [1.82, 2.24) is 30.0 Å². The first-order valence-corrected chi connectivity index (χ1v) is 13.1. The Morgan fingerprint density at radius 3 is 2.51 bits per heavy atom. The molecule has 1 aromatic carbocycles. The molecule has 2 aliphatic rings. The molecule has 4 heterocycles. The van der Waals surface area contributed by atoms with Gasteiger partial charge in [-0.15, -0.1) is 0 Å². The third-order valence-corrected chi connectivity index (χ3v) is 7.71. The van der Waals surface area contributed by atoms with Gasteiger partial charge in [-0.25, -0.2) is 9.37 Å². The number of carbonyl (C=O) groups is 2. The Morgan fingerprint density at radius 2 is 1.81 bits per heavy atom. The summed E-state index contributed by atoms with van der Waals surface area (Å²) >= 11 is 5.98. The Hall–Kier alpha value is -3.01. The number of fused-ring (bicyclic) bond motifs is 1. The number of aromatic nitrogens is 2. The van der Waals surface area contributed by atoms with E-state index in [2.05, 4.69) is 32.1 Å². The Balaban J connectivity index is 1.28. The molecule has 2 saturated heterocycles. The average molecular weight is 527 g/mol. The van der Waals surface area contributed by atoms with Gasteiger partial charge in [0, 0.05) is 44.0 Å². The molecule has 3 aromatic rings. The summed E-state index contributed by atoms with van der Waals surface area (Å²) in [4.78, 5) is 40.6. The van der Waals surface area contributed by atoms with E-state index in [-0.39, 0.29) is 18.1 Å². The summed E-state index contributed by atoms with van der Waals surface area (Å²) in [6.45, 7) is 5.10. The minimum Gasteiger partial charge on any atom is -0.349 e. The lowest BCUT2D eigenvalue weighted by Crippen LogP contribution is -2.58. The Kier molecular flexibility index (Phi) is 7.73. The van der Waals surface area contributed by atoms with Gasteiger partial charge in [0.15, 0.2) is 0 Å². The number of halogens is 2. The number of nitrogens with one attached hydrogen (secondary N) is 2. The van der Waals surface area contributed by atoms with Crippen LogP contribution < -0.4 is 5.32 Å². The zero-order chi connectivity index (χ0) is 25.9. The van der Waals surface area contributed by atoms with E-state index < -0.39 is 11.9 Å². The Morgan fingerprint density at radius 1 is 1.11 bits per heavy atom. The molecule has 10 heteroatoms. The lowest BCUT2D eigenvalue weighted by molar-refractivity contribution is -0.135. The van der Waals surface area contributed by atoms with Crippen LogP contribution in [-0.4, -0.2) is 94.9 Å². The molecule has 1 atom stereocenters. The number of hydrogen-bond acceptors (Lipinski definition) is 5. The van der Waals surface area contributed by atoms with Gasteiger partial charge in [0.05, 0.1) is 11.7 Å². The van der Waals surface area contributed by atoms with Crippen molar-refractivity contribution in [2.24, 2.45) is 0 Å². The Bertz CT molecular complexity index is 1250. The maximum atomic E-state index is 13.7. The molecule has 8 nitrogen and oxygen atoms in total. The number of benzene rings is 1. The number of amides is 2. The third-order valence-electron chi connectivity index (χ3n) is 7.50. The standard InChI is InChI=1S/C27H32ClFN6O2/c1-33-8-6-21(7-9-33)34-10-12-35(13-11-34)27(37)23(14-18-2-4-20(29)5-3-18)32-26(36)22-15-19-16-25(28)30-17-24(19)31-22/h2-5,15-17,21,23,31H,6-14H2,1H3,(H,32,36)/t23-/m0/s1. The highest BCUT2D eigenvalue weighted by Crippen LogP contribution is 2.20. The van der Waals surface area contributed by atoms with Crippen LogP contribution in [0.15, 0.2) is 42.6 Å². The highest BCUT2D eigenvalue weighted by Gasteiger charge is 2.32. The molecular weight excluding hydrogens is 495 g/mol. The van der Waals surface area contributed by atoms with Crippen LogP contribution in [0.3, 0.4) is 0 Å². The Labute approximate surface area is 220 Å². The summed E-state index contributed by atoms with van der Waals surface area (Å²) in [6, 6.07) is 9.19. The molecule has 37 heavy (non-hydrogen) atoms. The van der Waals surface area contributed by atoms with Crippen LogP contribution in [0.25, 0.3) is 10.9 Å². The molecule has 0 saturated carbocycles. The van der Waals surface area contributed by atoms with Gasteiger partial charge in [-0.2, -0.15) is 0 Å². The molecule has 2 fully saturated rings. The van der Waals surface area contributed by atoms with E-state index in [9.17, 15) is 14.0 Å². The van der Waals surface area contributed by atoms with Crippen molar-refractivity contribution >= 4 is 34.3 Å². The van der Waals surface area contributed by atoms with Crippen LogP contribution in [0, 0.1) is 5.82 Å². The smallest absolute Gasteiger partial charge is 0.268 e. The summed E-state index contributed by atoms with van der Waals surface area (Å²) in [5.41, 5.74) is 1.78. The van der Waals surface area contributed by atoms with Gasteiger partial charge in [0.1, 0.15) is 22.7 Å². The summed E-state index contributed by atoms with van der Waals surface area (Å²) in [6.07, 6.45) is 4.14. The van der Waals surface area contributed by atoms with Gasteiger partial charge in [-0.1, -0.05) is 23.7 Å². The summed E-state index contributed by atoms with van der Waals surface area (Å²) in [5, 5.41) is 4.02. The fraction of sp³-hybridized carbons (Fsp3) is 0.444. The molecule has 5 rings (SSSR count). The summed E-state index contributed by atoms with van der Waals surface area (Å²) in [5.74, 6) is -0.856. The predicted octanol–water partition coefficient (Wildman–Crippen LogP) is 2.93. The largest absolute Gasteiger partial charge is 0.349 e. The monoisotopic (exact) mass is 526 g/mol. The average Bonchev–Trinajstić information content (AvgIpc) is 3.33. The number of piperazine rings is 1. The second-order valence-electron chi connectivity index (χ2n) is 10.0. The number of hydrogen-bond donors (Lipinski definition) is 2. The van der Waals surface area contributed by atoms with Gasteiger partial charge in [0.25, 0.3) is 5.91 Å². The van der Waals surface area contributed by atoms with E-state index in [0.717, 1.165) is 50.0 Å². The lowest BCUT2D eigenvalue weighted by Gasteiger charge is -2.42. The van der Waals surface area contributed by atoms with Gasteiger partial charge in [-0.05, 0) is 62.8 Å². The first kappa shape index (κ1) is 25.6. The van der Waals surface area contributed by atoms with Crippen LogP contribution in [-0.2, 0) is 11.2 Å². The first-order valence-electron chi connectivity index (χ1n) is 12.8. The van der Waals surface area contributed by atoms with Crippen molar-refractivity contribution in [3.63, 3.8) is 0 Å². The normalized spacial score (nSPS) is 18.7.